The number of hydrogen-bond donors (Lipinski definition) is 1. The van der Waals surface area contributed by atoms with E-state index in [1.165, 1.54) is 12.1 Å². The van der Waals surface area contributed by atoms with Crippen LogP contribution < -0.4 is 4.90 Å². The molecule has 0 bridgehead atoms. The summed E-state index contributed by atoms with van der Waals surface area (Å²) in [6, 6.07) is 5.35. The van der Waals surface area contributed by atoms with Crippen molar-refractivity contribution in [1.29, 1.82) is 0 Å². The highest BCUT2D eigenvalue weighted by Crippen LogP contribution is 2.35. The zero-order valence-corrected chi connectivity index (χ0v) is 12.8. The van der Waals surface area contributed by atoms with Crippen molar-refractivity contribution in [3.8, 4) is 0 Å². The van der Waals surface area contributed by atoms with E-state index < -0.39 is 17.0 Å². The van der Waals surface area contributed by atoms with Gasteiger partial charge in [0.15, 0.2) is 0 Å². The van der Waals surface area contributed by atoms with Gasteiger partial charge in [0.1, 0.15) is 11.6 Å². The van der Waals surface area contributed by atoms with Crippen LogP contribution in [0.3, 0.4) is 0 Å². The molecule has 0 spiro atoms. The van der Waals surface area contributed by atoms with E-state index in [2.05, 4.69) is 9.97 Å². The molecule has 1 unspecified atom stereocenters. The third kappa shape index (κ3) is 3.47. The predicted octanol–water partition coefficient (Wildman–Crippen LogP) is 2.58. The van der Waals surface area contributed by atoms with Crippen LogP contribution in [0.1, 0.15) is 18.4 Å². The molecule has 4 nitrogen and oxygen atoms in total. The molecule has 6 heteroatoms. The zero-order chi connectivity index (χ0) is 16.3. The smallest absolute Gasteiger partial charge is 0.225 e. The van der Waals surface area contributed by atoms with Crippen molar-refractivity contribution in [2.45, 2.75) is 19.3 Å². The fourth-order valence-corrected chi connectivity index (χ4v) is 3.23. The lowest BCUT2D eigenvalue weighted by Crippen LogP contribution is -2.47. The van der Waals surface area contributed by atoms with Crippen LogP contribution in [0, 0.1) is 17.0 Å². The van der Waals surface area contributed by atoms with Crippen LogP contribution in [-0.2, 0) is 6.42 Å². The molecule has 1 aliphatic rings. The first-order valence-electron chi connectivity index (χ1n) is 7.69. The van der Waals surface area contributed by atoms with Crippen LogP contribution in [-0.4, -0.2) is 34.8 Å². The number of benzene rings is 1. The monoisotopic (exact) mass is 319 g/mol. The number of aliphatic hydroxyl groups excluding tert-OH is 1. The quantitative estimate of drug-likeness (QED) is 0.941. The molecule has 0 aliphatic carbocycles. The lowest BCUT2D eigenvalue weighted by molar-refractivity contribution is 0.104. The molecular weight excluding hydrogens is 300 g/mol. The predicted molar refractivity (Wildman–Crippen MR) is 83.1 cm³/mol. The van der Waals surface area contributed by atoms with E-state index in [9.17, 15) is 13.9 Å². The zero-order valence-electron chi connectivity index (χ0n) is 12.8. The van der Waals surface area contributed by atoms with Gasteiger partial charge in [-0.2, -0.15) is 0 Å². The molecule has 0 amide bonds. The summed E-state index contributed by atoms with van der Waals surface area (Å²) in [6.07, 6.45) is 5.36. The van der Waals surface area contributed by atoms with Crippen molar-refractivity contribution in [1.82, 2.24) is 9.97 Å². The molecular formula is C17H19F2N3O. The van der Waals surface area contributed by atoms with Crippen LogP contribution in [0.4, 0.5) is 14.7 Å². The van der Waals surface area contributed by atoms with E-state index in [-0.39, 0.29) is 6.61 Å². The molecule has 1 aliphatic heterocycles. The van der Waals surface area contributed by atoms with E-state index >= 15 is 0 Å². The van der Waals surface area contributed by atoms with Crippen molar-refractivity contribution in [2.75, 3.05) is 24.6 Å². The Bertz CT molecular complexity index is 668. The summed E-state index contributed by atoms with van der Waals surface area (Å²) < 4.78 is 27.0. The molecule has 2 heterocycles. The Morgan fingerprint density at radius 1 is 1.22 bits per heavy atom. The van der Waals surface area contributed by atoms with E-state index in [1.807, 2.05) is 4.90 Å². The van der Waals surface area contributed by atoms with Gasteiger partial charge in [-0.25, -0.2) is 18.7 Å². The van der Waals surface area contributed by atoms with Gasteiger partial charge in [-0.3, -0.25) is 0 Å². The molecule has 1 aromatic heterocycles. The number of piperidine rings is 1. The highest BCUT2D eigenvalue weighted by atomic mass is 19.1. The number of aromatic nitrogens is 2. The molecule has 0 radical (unpaired) electrons. The Balaban J connectivity index is 1.82. The first kappa shape index (κ1) is 15.8. The van der Waals surface area contributed by atoms with Gasteiger partial charge in [0.25, 0.3) is 0 Å². The van der Waals surface area contributed by atoms with Crippen molar-refractivity contribution in [3.63, 3.8) is 0 Å². The Morgan fingerprint density at radius 3 is 2.70 bits per heavy atom. The third-order valence-corrected chi connectivity index (χ3v) is 4.41. The Morgan fingerprint density at radius 2 is 2.00 bits per heavy atom. The van der Waals surface area contributed by atoms with Gasteiger partial charge in [-0.15, -0.1) is 0 Å². The lowest BCUT2D eigenvalue weighted by atomic mass is 9.75. The fourth-order valence-electron chi connectivity index (χ4n) is 3.23. The summed E-state index contributed by atoms with van der Waals surface area (Å²) in [5, 5.41) is 9.95. The molecule has 3 rings (SSSR count). The highest BCUT2D eigenvalue weighted by molar-refractivity contribution is 5.31. The number of nitrogens with zero attached hydrogens (tertiary/aromatic N) is 3. The van der Waals surface area contributed by atoms with Crippen molar-refractivity contribution in [2.24, 2.45) is 5.41 Å². The number of aliphatic hydroxyl groups is 1. The van der Waals surface area contributed by atoms with Gasteiger partial charge in [-0.1, -0.05) is 6.07 Å². The molecule has 23 heavy (non-hydrogen) atoms. The molecule has 0 saturated carbocycles. The minimum Gasteiger partial charge on any atom is -0.396 e. The van der Waals surface area contributed by atoms with E-state index in [0.29, 0.717) is 24.5 Å². The van der Waals surface area contributed by atoms with E-state index in [0.717, 1.165) is 25.5 Å². The van der Waals surface area contributed by atoms with Crippen LogP contribution in [0.15, 0.2) is 36.7 Å². The first-order valence-corrected chi connectivity index (χ1v) is 7.69. The SMILES string of the molecule is OCC1(Cc2ccc(F)cc2F)CCCN(c2ncccn2)C1. The number of rotatable bonds is 4. The average molecular weight is 319 g/mol. The minimum atomic E-state index is -0.591. The topological polar surface area (TPSA) is 49.2 Å². The summed E-state index contributed by atoms with van der Waals surface area (Å²) in [5.74, 6) is -0.539. The normalized spacial score (nSPS) is 21.4. The molecule has 2 aromatic rings. The Kier molecular flexibility index (Phi) is 4.52. The van der Waals surface area contributed by atoms with Crippen LogP contribution in [0.25, 0.3) is 0 Å². The molecule has 1 fully saturated rings. The summed E-state index contributed by atoms with van der Waals surface area (Å²) >= 11 is 0. The lowest BCUT2D eigenvalue weighted by Gasteiger charge is -2.42. The number of hydrogen-bond acceptors (Lipinski definition) is 4. The van der Waals surface area contributed by atoms with Crippen molar-refractivity contribution >= 4 is 5.95 Å². The minimum absolute atomic E-state index is 0.0624. The maximum Gasteiger partial charge on any atom is 0.225 e. The average Bonchev–Trinajstić information content (AvgIpc) is 2.58. The third-order valence-electron chi connectivity index (χ3n) is 4.41. The summed E-state index contributed by atoms with van der Waals surface area (Å²) in [6.45, 7) is 1.29. The Hall–Kier alpha value is -2.08. The van der Waals surface area contributed by atoms with E-state index in [4.69, 9.17) is 0 Å². The number of halogens is 2. The van der Waals surface area contributed by atoms with Crippen molar-refractivity contribution < 1.29 is 13.9 Å². The number of anilines is 1. The second-order valence-electron chi connectivity index (χ2n) is 6.14. The standard InChI is InChI=1S/C17H19F2N3O/c18-14-4-3-13(15(19)9-14)10-17(12-23)5-1-8-22(11-17)16-20-6-2-7-21-16/h2-4,6-7,9,23H,1,5,8,10-12H2. The summed E-state index contributed by atoms with van der Waals surface area (Å²) in [5.41, 5.74) is -0.0490. The van der Waals surface area contributed by atoms with Gasteiger partial charge < -0.3 is 10.0 Å². The highest BCUT2D eigenvalue weighted by Gasteiger charge is 2.36. The first-order chi connectivity index (χ1) is 11.1. The van der Waals surface area contributed by atoms with Crippen molar-refractivity contribution in [3.05, 3.63) is 53.9 Å². The van der Waals surface area contributed by atoms with Gasteiger partial charge >= 0.3 is 0 Å². The molecule has 1 saturated heterocycles. The van der Waals surface area contributed by atoms with Crippen LogP contribution >= 0.6 is 0 Å². The largest absolute Gasteiger partial charge is 0.396 e. The second-order valence-corrected chi connectivity index (χ2v) is 6.14. The molecule has 122 valence electrons. The second kappa shape index (κ2) is 6.58. The molecule has 1 N–H and O–H groups in total. The van der Waals surface area contributed by atoms with Gasteiger partial charge in [0.2, 0.25) is 5.95 Å². The maximum absolute atomic E-state index is 14.0. The Labute approximate surface area is 133 Å². The van der Waals surface area contributed by atoms with Crippen LogP contribution in [0.5, 0.6) is 0 Å². The van der Waals surface area contributed by atoms with Gasteiger partial charge in [-0.05, 0) is 37.0 Å². The summed E-state index contributed by atoms with van der Waals surface area (Å²) in [4.78, 5) is 10.5. The fraction of sp³-hybridized carbons (Fsp3) is 0.412. The van der Waals surface area contributed by atoms with Crippen LogP contribution in [0.2, 0.25) is 0 Å². The van der Waals surface area contributed by atoms with E-state index in [1.54, 1.807) is 18.5 Å². The summed E-state index contributed by atoms with van der Waals surface area (Å²) in [7, 11) is 0. The van der Waals surface area contributed by atoms with Gasteiger partial charge in [0, 0.05) is 37.0 Å². The molecule has 1 atom stereocenters. The van der Waals surface area contributed by atoms with Gasteiger partial charge in [0.05, 0.1) is 6.61 Å². The molecule has 1 aromatic carbocycles. The maximum atomic E-state index is 14.0.